The summed E-state index contributed by atoms with van der Waals surface area (Å²) >= 11 is 1.58. The van der Waals surface area contributed by atoms with Gasteiger partial charge in [0.05, 0.1) is 19.0 Å². The van der Waals surface area contributed by atoms with Crippen LogP contribution in [0.5, 0.6) is 5.75 Å². The van der Waals surface area contributed by atoms with Gasteiger partial charge < -0.3 is 10.5 Å². The molecule has 0 fully saturated rings. The van der Waals surface area contributed by atoms with Crippen molar-refractivity contribution in [2.75, 3.05) is 7.11 Å². The van der Waals surface area contributed by atoms with E-state index in [1.54, 1.807) is 31.3 Å². The molecular formula is C21H26N4O2S. The molecule has 6 nitrogen and oxygen atoms in total. The largest absolute Gasteiger partial charge is 0.495 e. The Morgan fingerprint density at radius 1 is 1.29 bits per heavy atom. The van der Waals surface area contributed by atoms with Crippen LogP contribution in [0.2, 0.25) is 0 Å². The first-order valence-corrected chi connectivity index (χ1v) is 9.97. The number of aryl methyl sites for hydroxylation is 1. The third-order valence-electron chi connectivity index (χ3n) is 4.80. The van der Waals surface area contributed by atoms with Gasteiger partial charge >= 0.3 is 0 Å². The van der Waals surface area contributed by atoms with E-state index in [-0.39, 0.29) is 17.0 Å². The molecule has 0 bridgehead atoms. The SMILES string of the molecule is COc1cnc(C(=O)Cc2ccnc([C@]3(C)CC(C)(C)SC(N)=N3)c2)c(C)c1. The molecule has 28 heavy (non-hydrogen) atoms. The van der Waals surface area contributed by atoms with E-state index in [0.717, 1.165) is 23.2 Å². The van der Waals surface area contributed by atoms with Crippen LogP contribution in [-0.2, 0) is 12.0 Å². The van der Waals surface area contributed by atoms with Crippen molar-refractivity contribution in [1.29, 1.82) is 0 Å². The van der Waals surface area contributed by atoms with Crippen molar-refractivity contribution >= 4 is 22.7 Å². The molecule has 0 saturated carbocycles. The molecule has 7 heteroatoms. The minimum Gasteiger partial charge on any atom is -0.495 e. The van der Waals surface area contributed by atoms with Crippen LogP contribution in [0.3, 0.4) is 0 Å². The average Bonchev–Trinajstić information content (AvgIpc) is 2.59. The molecule has 3 rings (SSSR count). The molecule has 0 unspecified atom stereocenters. The quantitative estimate of drug-likeness (QED) is 0.773. The fraction of sp³-hybridized carbons (Fsp3) is 0.429. The summed E-state index contributed by atoms with van der Waals surface area (Å²) in [5.41, 5.74) is 8.54. The minimum absolute atomic E-state index is 0.0295. The fourth-order valence-corrected chi connectivity index (χ4v) is 4.87. The van der Waals surface area contributed by atoms with Crippen molar-refractivity contribution in [3.8, 4) is 5.75 Å². The molecular weight excluding hydrogens is 372 g/mol. The molecule has 0 aromatic carbocycles. The van der Waals surface area contributed by atoms with Gasteiger partial charge in [0.25, 0.3) is 0 Å². The first kappa shape index (κ1) is 20.3. The molecule has 0 amide bonds. The summed E-state index contributed by atoms with van der Waals surface area (Å²) in [5, 5.41) is 0.570. The van der Waals surface area contributed by atoms with Gasteiger partial charge in [-0.25, -0.2) is 9.98 Å². The highest BCUT2D eigenvalue weighted by molar-refractivity contribution is 8.15. The molecule has 3 heterocycles. The molecule has 0 saturated heterocycles. The number of nitrogens with zero attached hydrogens (tertiary/aromatic N) is 3. The molecule has 2 aromatic rings. The van der Waals surface area contributed by atoms with Crippen LogP contribution in [-0.4, -0.2) is 32.8 Å². The molecule has 1 atom stereocenters. The normalized spacial score (nSPS) is 21.1. The summed E-state index contributed by atoms with van der Waals surface area (Å²) in [5.74, 6) is 0.603. The van der Waals surface area contributed by atoms with Crippen molar-refractivity contribution in [3.63, 3.8) is 0 Å². The number of pyridine rings is 2. The summed E-state index contributed by atoms with van der Waals surface area (Å²) in [7, 11) is 1.58. The topological polar surface area (TPSA) is 90.5 Å². The van der Waals surface area contributed by atoms with E-state index >= 15 is 0 Å². The van der Waals surface area contributed by atoms with E-state index in [0.29, 0.717) is 16.6 Å². The number of aromatic nitrogens is 2. The second-order valence-corrected chi connectivity index (χ2v) is 9.68. The van der Waals surface area contributed by atoms with Crippen LogP contribution in [0.15, 0.2) is 35.6 Å². The van der Waals surface area contributed by atoms with Gasteiger partial charge in [0.2, 0.25) is 0 Å². The maximum Gasteiger partial charge on any atom is 0.185 e. The van der Waals surface area contributed by atoms with Crippen molar-refractivity contribution in [3.05, 3.63) is 53.1 Å². The van der Waals surface area contributed by atoms with E-state index in [2.05, 4.69) is 28.8 Å². The zero-order valence-electron chi connectivity index (χ0n) is 16.9. The summed E-state index contributed by atoms with van der Waals surface area (Å²) < 4.78 is 5.13. The molecule has 0 spiro atoms. The van der Waals surface area contributed by atoms with Gasteiger partial charge in [-0.3, -0.25) is 9.78 Å². The third-order valence-corrected chi connectivity index (χ3v) is 5.80. The Balaban J connectivity index is 1.86. The molecule has 148 valence electrons. The number of amidine groups is 1. The number of carbonyl (C=O) groups is 1. The Hall–Kier alpha value is -2.41. The van der Waals surface area contributed by atoms with Crippen LogP contribution < -0.4 is 10.5 Å². The first-order chi connectivity index (χ1) is 13.1. The smallest absolute Gasteiger partial charge is 0.185 e. The lowest BCUT2D eigenvalue weighted by molar-refractivity contribution is 0.0987. The van der Waals surface area contributed by atoms with E-state index < -0.39 is 5.54 Å². The van der Waals surface area contributed by atoms with Crippen LogP contribution in [0.1, 0.15) is 54.5 Å². The van der Waals surface area contributed by atoms with Crippen LogP contribution in [0.4, 0.5) is 0 Å². The van der Waals surface area contributed by atoms with Crippen molar-refractivity contribution in [2.45, 2.75) is 50.8 Å². The molecule has 2 N–H and O–H groups in total. The van der Waals surface area contributed by atoms with E-state index in [4.69, 9.17) is 10.5 Å². The maximum atomic E-state index is 12.8. The number of ether oxygens (including phenoxy) is 1. The van der Waals surface area contributed by atoms with Crippen molar-refractivity contribution < 1.29 is 9.53 Å². The minimum atomic E-state index is -0.508. The molecule has 0 radical (unpaired) electrons. The Kier molecular flexibility index (Phi) is 5.48. The van der Waals surface area contributed by atoms with Crippen molar-refractivity contribution in [1.82, 2.24) is 9.97 Å². The number of methoxy groups -OCH3 is 1. The number of hydrogen-bond acceptors (Lipinski definition) is 7. The number of rotatable bonds is 5. The van der Waals surface area contributed by atoms with Crippen molar-refractivity contribution in [2.24, 2.45) is 10.7 Å². The van der Waals surface area contributed by atoms with E-state index in [1.807, 2.05) is 32.0 Å². The third kappa shape index (κ3) is 4.35. The predicted molar refractivity (Wildman–Crippen MR) is 113 cm³/mol. The molecule has 1 aliphatic heterocycles. The Morgan fingerprint density at radius 2 is 2.04 bits per heavy atom. The Labute approximate surface area is 170 Å². The first-order valence-electron chi connectivity index (χ1n) is 9.15. The highest BCUT2D eigenvalue weighted by Gasteiger charge is 2.40. The number of ketones is 1. The van der Waals surface area contributed by atoms with E-state index in [1.165, 1.54) is 0 Å². The van der Waals surface area contributed by atoms with Gasteiger partial charge in [-0.1, -0.05) is 25.6 Å². The Bertz CT molecular complexity index is 942. The van der Waals surface area contributed by atoms with Gasteiger partial charge in [0, 0.05) is 17.4 Å². The molecule has 0 aliphatic carbocycles. The molecule has 2 aromatic heterocycles. The summed E-state index contributed by atoms with van der Waals surface area (Å²) in [4.78, 5) is 26.3. The van der Waals surface area contributed by atoms with Crippen LogP contribution >= 0.6 is 11.8 Å². The highest BCUT2D eigenvalue weighted by Crippen LogP contribution is 2.44. The summed E-state index contributed by atoms with van der Waals surface area (Å²) in [6.07, 6.45) is 4.37. The number of thioether (sulfide) groups is 1. The second kappa shape index (κ2) is 7.54. The lowest BCUT2D eigenvalue weighted by Crippen LogP contribution is -2.38. The number of aliphatic imine (C=N–C) groups is 1. The van der Waals surface area contributed by atoms with Crippen LogP contribution in [0.25, 0.3) is 0 Å². The Morgan fingerprint density at radius 3 is 2.68 bits per heavy atom. The van der Waals surface area contributed by atoms with E-state index in [9.17, 15) is 4.79 Å². The second-order valence-electron chi connectivity index (χ2n) is 7.95. The highest BCUT2D eigenvalue weighted by atomic mass is 32.2. The number of carbonyl (C=O) groups excluding carboxylic acids is 1. The average molecular weight is 399 g/mol. The van der Waals surface area contributed by atoms with Crippen LogP contribution in [0, 0.1) is 6.92 Å². The lowest BCUT2D eigenvalue weighted by atomic mass is 9.86. The number of Topliss-reactive ketones (excluding diaryl/α,β-unsaturated/α-hetero) is 1. The zero-order valence-corrected chi connectivity index (χ0v) is 17.8. The zero-order chi connectivity index (χ0) is 20.5. The van der Waals surface area contributed by atoms with Gasteiger partial charge in [0.1, 0.15) is 17.0 Å². The summed E-state index contributed by atoms with van der Waals surface area (Å²) in [6, 6.07) is 5.64. The number of nitrogens with two attached hydrogens (primary N) is 1. The lowest BCUT2D eigenvalue weighted by Gasteiger charge is -2.38. The van der Waals surface area contributed by atoms with Gasteiger partial charge in [0.15, 0.2) is 11.0 Å². The van der Waals surface area contributed by atoms with Gasteiger partial charge in [-0.05, 0) is 49.6 Å². The standard InChI is InChI=1S/C21H26N4O2S/c1-13-8-15(27-5)11-24-18(13)16(26)9-14-6-7-23-17(10-14)21(4)12-20(2,3)28-19(22)25-21/h6-8,10-11H,9,12H2,1-5H3,(H2,22,25)/t21-/m0/s1. The fourth-order valence-electron chi connectivity index (χ4n) is 3.70. The van der Waals surface area contributed by atoms with Gasteiger partial charge in [-0.2, -0.15) is 0 Å². The van der Waals surface area contributed by atoms with Gasteiger partial charge in [-0.15, -0.1) is 0 Å². The predicted octanol–water partition coefficient (Wildman–Crippen LogP) is 3.66. The molecule has 1 aliphatic rings. The maximum absolute atomic E-state index is 12.8. The monoisotopic (exact) mass is 398 g/mol. The number of hydrogen-bond donors (Lipinski definition) is 1. The summed E-state index contributed by atoms with van der Waals surface area (Å²) in [6.45, 7) is 8.22.